The molecule has 2 aliphatic rings. The zero-order valence-corrected chi connectivity index (χ0v) is 24.6. The minimum atomic E-state index is -1.58. The second-order valence-electron chi connectivity index (χ2n) is 10.7. The van der Waals surface area contributed by atoms with E-state index < -0.39 is 10.8 Å². The fourth-order valence-corrected chi connectivity index (χ4v) is 7.00. The van der Waals surface area contributed by atoms with Crippen molar-refractivity contribution in [1.29, 1.82) is 0 Å². The van der Waals surface area contributed by atoms with Gasteiger partial charge in [-0.05, 0) is 61.0 Å². The van der Waals surface area contributed by atoms with Crippen LogP contribution in [-0.2, 0) is 17.3 Å². The number of piperazine rings is 1. The smallest absolute Gasteiger partial charge is 0.259 e. The molecule has 2 amide bonds. The first-order valence-corrected chi connectivity index (χ1v) is 15.7. The minimum Gasteiger partial charge on any atom is -0.367 e. The standard InChI is InChI=1S/C34H33FN4O3S/c35-28-12-5-6-13-29(28)38-21-19-37(20-22-38)18-8-17-36-33(40)26-15-16-32-30(23-26)39(24-25-9-2-1-3-10-25)34(41)27-11-4-7-14-31(27)43(32)42/h1-7,9-16,23H,8,17-22,24H2,(H,36,40). The van der Waals surface area contributed by atoms with E-state index in [-0.39, 0.29) is 24.2 Å². The lowest BCUT2D eigenvalue weighted by molar-refractivity contribution is 0.0948. The van der Waals surface area contributed by atoms with E-state index in [1.165, 1.54) is 6.07 Å². The summed E-state index contributed by atoms with van der Waals surface area (Å²) in [5.41, 5.74) is 2.85. The predicted octanol–water partition coefficient (Wildman–Crippen LogP) is 5.09. The number of carbonyl (C=O) groups excluding carboxylic acids is 2. The van der Waals surface area contributed by atoms with Gasteiger partial charge in [-0.1, -0.05) is 54.6 Å². The van der Waals surface area contributed by atoms with Gasteiger partial charge >= 0.3 is 0 Å². The molecule has 4 aromatic carbocycles. The third-order valence-corrected chi connectivity index (χ3v) is 9.46. The van der Waals surface area contributed by atoms with Crippen LogP contribution in [0.2, 0.25) is 0 Å². The van der Waals surface area contributed by atoms with Gasteiger partial charge in [0.05, 0.1) is 44.1 Å². The molecule has 0 bridgehead atoms. The molecule has 0 radical (unpaired) electrons. The monoisotopic (exact) mass is 596 g/mol. The Balaban J connectivity index is 1.11. The van der Waals surface area contributed by atoms with Gasteiger partial charge in [-0.2, -0.15) is 0 Å². The summed E-state index contributed by atoms with van der Waals surface area (Å²) in [4.78, 5) is 34.0. The van der Waals surface area contributed by atoms with E-state index in [9.17, 15) is 18.2 Å². The molecule has 1 unspecified atom stereocenters. The molecule has 2 aliphatic heterocycles. The Bertz CT molecular complexity index is 1660. The summed E-state index contributed by atoms with van der Waals surface area (Å²) in [6.45, 7) is 4.78. The Morgan fingerprint density at radius 1 is 0.814 bits per heavy atom. The Labute approximate surface area is 253 Å². The van der Waals surface area contributed by atoms with Crippen LogP contribution in [0, 0.1) is 5.82 Å². The molecule has 6 rings (SSSR count). The van der Waals surface area contributed by atoms with Gasteiger partial charge in [0.15, 0.2) is 0 Å². The van der Waals surface area contributed by atoms with Gasteiger partial charge in [-0.15, -0.1) is 0 Å². The van der Waals surface area contributed by atoms with Crippen molar-refractivity contribution in [2.45, 2.75) is 22.8 Å². The van der Waals surface area contributed by atoms with Crippen molar-refractivity contribution >= 4 is 34.0 Å². The topological polar surface area (TPSA) is 73.0 Å². The van der Waals surface area contributed by atoms with Crippen LogP contribution >= 0.6 is 0 Å². The van der Waals surface area contributed by atoms with Gasteiger partial charge in [0.25, 0.3) is 11.8 Å². The number of fused-ring (bicyclic) bond motifs is 2. The lowest BCUT2D eigenvalue weighted by Crippen LogP contribution is -2.47. The first-order chi connectivity index (χ1) is 21.0. The second kappa shape index (κ2) is 12.9. The summed E-state index contributed by atoms with van der Waals surface area (Å²) in [5.74, 6) is -0.689. The number of hydrogen-bond donors (Lipinski definition) is 1. The molecule has 1 fully saturated rings. The quantitative estimate of drug-likeness (QED) is 0.287. The fourth-order valence-electron chi connectivity index (χ4n) is 5.65. The molecule has 9 heteroatoms. The number of rotatable bonds is 8. The Kier molecular flexibility index (Phi) is 8.62. The van der Waals surface area contributed by atoms with E-state index in [1.54, 1.807) is 53.4 Å². The highest BCUT2D eigenvalue weighted by atomic mass is 32.2. The number of hydrogen-bond acceptors (Lipinski definition) is 5. The highest BCUT2D eigenvalue weighted by molar-refractivity contribution is 7.85. The Hall–Kier alpha value is -4.34. The number of amides is 2. The van der Waals surface area contributed by atoms with E-state index in [4.69, 9.17) is 0 Å². The van der Waals surface area contributed by atoms with E-state index in [0.29, 0.717) is 38.8 Å². The number of anilines is 2. The van der Waals surface area contributed by atoms with Crippen LogP contribution in [0.4, 0.5) is 15.8 Å². The van der Waals surface area contributed by atoms with Gasteiger partial charge in [-0.25, -0.2) is 8.60 Å². The van der Waals surface area contributed by atoms with E-state index in [1.807, 2.05) is 42.5 Å². The maximum Gasteiger partial charge on any atom is 0.259 e. The molecular weight excluding hydrogens is 563 g/mol. The SMILES string of the molecule is O=C(NCCCN1CCN(c2ccccc2F)CC1)c1ccc2c(c1)N(Cc1ccccc1)C(=O)c1ccccc1S2=O. The van der Waals surface area contributed by atoms with Crippen LogP contribution in [0.3, 0.4) is 0 Å². The maximum absolute atomic E-state index is 14.1. The fraction of sp³-hybridized carbons (Fsp3) is 0.235. The molecule has 1 atom stereocenters. The molecule has 0 saturated carbocycles. The van der Waals surface area contributed by atoms with E-state index >= 15 is 0 Å². The third-order valence-electron chi connectivity index (χ3n) is 7.96. The van der Waals surface area contributed by atoms with E-state index in [0.717, 1.165) is 44.7 Å². The van der Waals surface area contributed by atoms with Crippen LogP contribution < -0.4 is 15.1 Å². The molecule has 0 spiro atoms. The molecule has 2 heterocycles. The highest BCUT2D eigenvalue weighted by Gasteiger charge is 2.31. The summed E-state index contributed by atoms with van der Waals surface area (Å²) < 4.78 is 27.8. The van der Waals surface area contributed by atoms with Crippen LogP contribution in [0.15, 0.2) is 107 Å². The van der Waals surface area contributed by atoms with Crippen molar-refractivity contribution < 1.29 is 18.2 Å². The van der Waals surface area contributed by atoms with E-state index in [2.05, 4.69) is 15.1 Å². The maximum atomic E-state index is 14.1. The predicted molar refractivity (Wildman–Crippen MR) is 167 cm³/mol. The molecule has 1 saturated heterocycles. The molecule has 7 nitrogen and oxygen atoms in total. The van der Waals surface area contributed by atoms with Crippen LogP contribution in [0.25, 0.3) is 0 Å². The highest BCUT2D eigenvalue weighted by Crippen LogP contribution is 2.36. The zero-order chi connectivity index (χ0) is 29.8. The minimum absolute atomic E-state index is 0.195. The van der Waals surface area contributed by atoms with Crippen LogP contribution in [-0.4, -0.2) is 60.2 Å². The van der Waals surface area contributed by atoms with Gasteiger partial charge in [0.2, 0.25) is 0 Å². The lowest BCUT2D eigenvalue weighted by Gasteiger charge is -2.36. The summed E-state index contributed by atoms with van der Waals surface area (Å²) in [5, 5.41) is 3.00. The summed E-state index contributed by atoms with van der Waals surface area (Å²) >= 11 is 0. The summed E-state index contributed by atoms with van der Waals surface area (Å²) in [6, 6.07) is 28.5. The number of nitrogens with one attached hydrogen (secondary N) is 1. The van der Waals surface area contributed by atoms with Gasteiger partial charge in [-0.3, -0.25) is 14.5 Å². The molecule has 1 N–H and O–H groups in total. The van der Waals surface area contributed by atoms with Gasteiger partial charge < -0.3 is 15.1 Å². The third kappa shape index (κ3) is 6.23. The number of nitrogens with zero attached hydrogens (tertiary/aromatic N) is 3. The number of halogens is 1. The second-order valence-corrected chi connectivity index (χ2v) is 12.1. The lowest BCUT2D eigenvalue weighted by atomic mass is 10.1. The summed E-state index contributed by atoms with van der Waals surface area (Å²) in [6.07, 6.45) is 0.772. The normalized spacial score (nSPS) is 16.8. The number of carbonyl (C=O) groups is 2. The molecule has 0 aliphatic carbocycles. The van der Waals surface area contributed by atoms with Crippen molar-refractivity contribution in [1.82, 2.24) is 10.2 Å². The van der Waals surface area contributed by atoms with Gasteiger partial charge in [0.1, 0.15) is 5.82 Å². The van der Waals surface area contributed by atoms with Crippen molar-refractivity contribution in [2.24, 2.45) is 0 Å². The molecule has 0 aromatic heterocycles. The average molecular weight is 597 g/mol. The molecule has 4 aromatic rings. The van der Waals surface area contributed by atoms with Crippen molar-refractivity contribution in [3.05, 3.63) is 120 Å². The molecule has 43 heavy (non-hydrogen) atoms. The zero-order valence-electron chi connectivity index (χ0n) is 23.7. The largest absolute Gasteiger partial charge is 0.367 e. The van der Waals surface area contributed by atoms with Gasteiger partial charge in [0, 0.05) is 38.3 Å². The number of para-hydroxylation sites is 1. The molecule has 220 valence electrons. The molecular formula is C34H33FN4O3S. The van der Waals surface area contributed by atoms with Crippen molar-refractivity contribution in [2.75, 3.05) is 49.1 Å². The summed E-state index contributed by atoms with van der Waals surface area (Å²) in [7, 11) is -1.58. The van der Waals surface area contributed by atoms with Crippen molar-refractivity contribution in [3.63, 3.8) is 0 Å². The Morgan fingerprint density at radius 3 is 2.33 bits per heavy atom. The first kappa shape index (κ1) is 28.8. The first-order valence-electron chi connectivity index (χ1n) is 14.5. The average Bonchev–Trinajstić information content (AvgIpc) is 3.13. The van der Waals surface area contributed by atoms with Crippen LogP contribution in [0.1, 0.15) is 32.7 Å². The van der Waals surface area contributed by atoms with Crippen LogP contribution in [0.5, 0.6) is 0 Å². The van der Waals surface area contributed by atoms with Crippen molar-refractivity contribution in [3.8, 4) is 0 Å². The number of benzene rings is 4. The Morgan fingerprint density at radius 2 is 1.53 bits per heavy atom.